The molecule has 4 rings (SSSR count). The number of rotatable bonds is 7. The fourth-order valence-corrected chi connectivity index (χ4v) is 3.97. The number of hydrogen-bond donors (Lipinski definition) is 1. The van der Waals surface area contributed by atoms with Gasteiger partial charge in [-0.15, -0.1) is 0 Å². The zero-order valence-electron chi connectivity index (χ0n) is 17.4. The lowest BCUT2D eigenvalue weighted by molar-refractivity contribution is -0.118. The highest BCUT2D eigenvalue weighted by Crippen LogP contribution is 2.25. The average molecular weight is 430 g/mol. The van der Waals surface area contributed by atoms with E-state index in [-0.39, 0.29) is 11.7 Å². The van der Waals surface area contributed by atoms with E-state index < -0.39 is 0 Å². The second-order valence-electron chi connectivity index (χ2n) is 7.21. The molecule has 1 N–H and O–H groups in total. The van der Waals surface area contributed by atoms with Crippen LogP contribution in [-0.4, -0.2) is 31.9 Å². The first-order chi connectivity index (χ1) is 15.1. The Morgan fingerprint density at radius 3 is 2.58 bits per heavy atom. The number of nitrogens with zero attached hydrogens (tertiary/aromatic N) is 4. The van der Waals surface area contributed by atoms with E-state index in [0.29, 0.717) is 6.54 Å². The molecule has 6 nitrogen and oxygen atoms in total. The summed E-state index contributed by atoms with van der Waals surface area (Å²) in [5, 5.41) is 5.01. The van der Waals surface area contributed by atoms with Crippen molar-refractivity contribution in [2.45, 2.75) is 25.5 Å². The van der Waals surface area contributed by atoms with Gasteiger partial charge in [-0.25, -0.2) is 10.4 Å². The number of nitrogens with one attached hydrogen (secondary N) is 1. The summed E-state index contributed by atoms with van der Waals surface area (Å²) in [5.74, 6) is 0.0528. The van der Waals surface area contributed by atoms with Gasteiger partial charge in [0.25, 0.3) is 5.91 Å². The molecule has 156 valence electrons. The summed E-state index contributed by atoms with van der Waals surface area (Å²) in [4.78, 5) is 21.1. The Morgan fingerprint density at radius 2 is 1.81 bits per heavy atom. The van der Waals surface area contributed by atoms with Crippen LogP contribution in [0.1, 0.15) is 23.6 Å². The first kappa shape index (κ1) is 20.8. The minimum atomic E-state index is -0.174. The molecule has 0 saturated carbocycles. The molecule has 7 heteroatoms. The van der Waals surface area contributed by atoms with E-state index >= 15 is 0 Å². The van der Waals surface area contributed by atoms with Crippen LogP contribution in [0, 0.1) is 6.92 Å². The van der Waals surface area contributed by atoms with E-state index in [4.69, 9.17) is 4.98 Å². The van der Waals surface area contributed by atoms with Gasteiger partial charge in [-0.1, -0.05) is 53.7 Å². The molecule has 2 heterocycles. The van der Waals surface area contributed by atoms with Crippen molar-refractivity contribution in [3.8, 4) is 0 Å². The van der Waals surface area contributed by atoms with E-state index in [1.807, 2.05) is 37.3 Å². The summed E-state index contributed by atoms with van der Waals surface area (Å²) in [6.07, 6.45) is 3.40. The van der Waals surface area contributed by atoms with Gasteiger partial charge in [0.1, 0.15) is 0 Å². The molecule has 2 aromatic heterocycles. The first-order valence-electron chi connectivity index (χ1n) is 9.97. The van der Waals surface area contributed by atoms with Gasteiger partial charge in [-0.3, -0.25) is 9.78 Å². The summed E-state index contributed by atoms with van der Waals surface area (Å²) in [6.45, 7) is 4.63. The number of hydrogen-bond acceptors (Lipinski definition) is 5. The second kappa shape index (κ2) is 9.57. The number of thioether (sulfide) groups is 1. The molecule has 0 atom stereocenters. The lowest BCUT2D eigenvalue weighted by atomic mass is 10.1. The molecule has 0 radical (unpaired) electrons. The van der Waals surface area contributed by atoms with Crippen LogP contribution in [-0.2, 0) is 11.3 Å². The molecule has 0 bridgehead atoms. The zero-order valence-corrected chi connectivity index (χ0v) is 18.3. The maximum atomic E-state index is 12.4. The van der Waals surface area contributed by atoms with Crippen LogP contribution in [0.15, 0.2) is 83.3 Å². The van der Waals surface area contributed by atoms with Crippen molar-refractivity contribution in [2.24, 2.45) is 5.10 Å². The number of pyridine rings is 1. The van der Waals surface area contributed by atoms with Crippen LogP contribution >= 0.6 is 11.8 Å². The Labute approximate surface area is 185 Å². The normalized spacial score (nSPS) is 11.6. The number of carbonyl (C=O) groups is 1. The summed E-state index contributed by atoms with van der Waals surface area (Å²) in [7, 11) is 0. The highest BCUT2D eigenvalue weighted by atomic mass is 32.2. The zero-order chi connectivity index (χ0) is 21.6. The van der Waals surface area contributed by atoms with Crippen LogP contribution < -0.4 is 5.43 Å². The average Bonchev–Trinajstić information content (AvgIpc) is 3.15. The SMILES string of the molecule is C/C(=N/NC(=O)CSc1nc2ccccc2n1Cc1ccc(C)cc1)c1ccncc1. The molecule has 2 aromatic carbocycles. The Morgan fingerprint density at radius 1 is 1.06 bits per heavy atom. The number of aryl methyl sites for hydroxylation is 1. The van der Waals surface area contributed by atoms with Crippen LogP contribution in [0.5, 0.6) is 0 Å². The van der Waals surface area contributed by atoms with Crippen molar-refractivity contribution in [1.29, 1.82) is 0 Å². The number of imidazole rings is 1. The predicted molar refractivity (Wildman–Crippen MR) is 125 cm³/mol. The van der Waals surface area contributed by atoms with Crippen molar-refractivity contribution < 1.29 is 4.79 Å². The molecule has 0 aliphatic heterocycles. The summed E-state index contributed by atoms with van der Waals surface area (Å²) >= 11 is 1.41. The molecule has 0 unspecified atom stereocenters. The van der Waals surface area contributed by atoms with Crippen LogP contribution in [0.25, 0.3) is 11.0 Å². The van der Waals surface area contributed by atoms with Crippen LogP contribution in [0.2, 0.25) is 0 Å². The molecule has 31 heavy (non-hydrogen) atoms. The highest BCUT2D eigenvalue weighted by molar-refractivity contribution is 7.99. The van der Waals surface area contributed by atoms with Gasteiger partial charge >= 0.3 is 0 Å². The Balaban J connectivity index is 1.47. The monoisotopic (exact) mass is 429 g/mol. The molecule has 4 aromatic rings. The first-order valence-corrected chi connectivity index (χ1v) is 11.0. The topological polar surface area (TPSA) is 72.2 Å². The number of fused-ring (bicyclic) bond motifs is 1. The molecule has 0 aliphatic rings. The largest absolute Gasteiger partial charge is 0.314 e. The fourth-order valence-electron chi connectivity index (χ4n) is 3.16. The third-order valence-corrected chi connectivity index (χ3v) is 5.84. The molecule has 0 saturated heterocycles. The number of para-hydroxylation sites is 2. The molecular weight excluding hydrogens is 406 g/mol. The number of hydrazone groups is 1. The molecule has 0 spiro atoms. The van der Waals surface area contributed by atoms with E-state index in [9.17, 15) is 4.79 Å². The lowest BCUT2D eigenvalue weighted by Gasteiger charge is -2.09. The molecule has 1 amide bonds. The van der Waals surface area contributed by atoms with E-state index in [1.54, 1.807) is 12.4 Å². The minimum Gasteiger partial charge on any atom is -0.314 e. The fraction of sp³-hybridized carbons (Fsp3) is 0.167. The van der Waals surface area contributed by atoms with E-state index in [0.717, 1.165) is 27.5 Å². The minimum absolute atomic E-state index is 0.174. The van der Waals surface area contributed by atoms with Crippen molar-refractivity contribution >= 4 is 34.4 Å². The lowest BCUT2D eigenvalue weighted by Crippen LogP contribution is -2.21. The van der Waals surface area contributed by atoms with Gasteiger partial charge in [0.05, 0.1) is 29.0 Å². The number of aromatic nitrogens is 3. The van der Waals surface area contributed by atoms with Gasteiger partial charge in [0.15, 0.2) is 5.16 Å². The Bertz CT molecular complexity index is 1220. The Hall–Kier alpha value is -3.45. The van der Waals surface area contributed by atoms with Crippen LogP contribution in [0.4, 0.5) is 0 Å². The van der Waals surface area contributed by atoms with Gasteiger partial charge in [-0.2, -0.15) is 5.10 Å². The predicted octanol–water partition coefficient (Wildman–Crippen LogP) is 4.42. The third kappa shape index (κ3) is 5.19. The summed E-state index contributed by atoms with van der Waals surface area (Å²) < 4.78 is 2.16. The maximum Gasteiger partial charge on any atom is 0.250 e. The van der Waals surface area contributed by atoms with Gasteiger partial charge in [-0.05, 0) is 43.7 Å². The highest BCUT2D eigenvalue weighted by Gasteiger charge is 2.13. The maximum absolute atomic E-state index is 12.4. The van der Waals surface area contributed by atoms with Crippen molar-refractivity contribution in [3.63, 3.8) is 0 Å². The van der Waals surface area contributed by atoms with Crippen molar-refractivity contribution in [1.82, 2.24) is 20.0 Å². The van der Waals surface area contributed by atoms with Gasteiger partial charge in [0, 0.05) is 18.0 Å². The molecule has 0 fully saturated rings. The van der Waals surface area contributed by atoms with E-state index in [2.05, 4.69) is 57.3 Å². The Kier molecular flexibility index (Phi) is 6.43. The van der Waals surface area contributed by atoms with Gasteiger partial charge in [0.2, 0.25) is 0 Å². The molecule has 0 aliphatic carbocycles. The standard InChI is InChI=1S/C24H23N5OS/c1-17-7-9-19(10-8-17)15-29-22-6-4-3-5-21(22)26-24(29)31-16-23(30)28-27-18(2)20-11-13-25-14-12-20/h3-14H,15-16H2,1-2H3,(H,28,30)/b27-18-. The van der Waals surface area contributed by atoms with Crippen molar-refractivity contribution in [3.05, 3.63) is 89.7 Å². The third-order valence-electron chi connectivity index (χ3n) is 4.86. The van der Waals surface area contributed by atoms with Gasteiger partial charge < -0.3 is 4.57 Å². The van der Waals surface area contributed by atoms with E-state index in [1.165, 1.54) is 22.9 Å². The molecular formula is C24H23N5OS. The second-order valence-corrected chi connectivity index (χ2v) is 8.15. The number of amides is 1. The summed E-state index contributed by atoms with van der Waals surface area (Å²) in [6, 6.07) is 20.2. The number of carbonyl (C=O) groups excluding carboxylic acids is 1. The van der Waals surface area contributed by atoms with Crippen LogP contribution in [0.3, 0.4) is 0 Å². The summed E-state index contributed by atoms with van der Waals surface area (Å²) in [5.41, 5.74) is 8.68. The smallest absolute Gasteiger partial charge is 0.250 e. The van der Waals surface area contributed by atoms with Crippen molar-refractivity contribution in [2.75, 3.05) is 5.75 Å². The number of benzene rings is 2. The quantitative estimate of drug-likeness (QED) is 0.268.